The van der Waals surface area contributed by atoms with Gasteiger partial charge in [-0.25, -0.2) is 0 Å². The number of ether oxygens (including phenoxy) is 2. The number of nitrogens with zero attached hydrogens (tertiary/aromatic N) is 1. The van der Waals surface area contributed by atoms with Crippen LogP contribution in [0.25, 0.3) is 6.08 Å². The number of piperidine rings is 1. The first-order valence-corrected chi connectivity index (χ1v) is 13.2. The standard InChI is InChI=1S/C29H35ClN2O3/c1-19-13-25(30)16-23-15-24(18-35-28(19)23)29(33)31-26-6-3-20(14-26)17-32-11-9-22(10-12-32)21-4-7-27(34-2)8-5-21/h4-5,7-8,13,15-16,20,22,26H,3,6,9-12,14,17-18H2,1-2H3,(H,31,33). The van der Waals surface area contributed by atoms with E-state index in [0.29, 0.717) is 29.0 Å². The van der Waals surface area contributed by atoms with E-state index in [1.54, 1.807) is 7.11 Å². The number of aryl methyl sites for hydroxylation is 1. The van der Waals surface area contributed by atoms with Crippen LogP contribution < -0.4 is 14.8 Å². The van der Waals surface area contributed by atoms with Crippen LogP contribution >= 0.6 is 11.6 Å². The van der Waals surface area contributed by atoms with E-state index in [4.69, 9.17) is 21.1 Å². The molecule has 1 saturated carbocycles. The summed E-state index contributed by atoms with van der Waals surface area (Å²) in [6.07, 6.45) is 7.62. The molecule has 1 amide bonds. The molecule has 2 aromatic carbocycles. The van der Waals surface area contributed by atoms with E-state index in [9.17, 15) is 4.79 Å². The van der Waals surface area contributed by atoms with Crippen LogP contribution in [0.3, 0.4) is 0 Å². The second kappa shape index (κ2) is 10.6. The van der Waals surface area contributed by atoms with Crippen molar-refractivity contribution in [3.63, 3.8) is 0 Å². The Kier molecular flexibility index (Phi) is 7.35. The summed E-state index contributed by atoms with van der Waals surface area (Å²) in [6, 6.07) is 12.6. The van der Waals surface area contributed by atoms with Crippen molar-refractivity contribution in [1.29, 1.82) is 0 Å². The minimum atomic E-state index is -0.0146. The molecule has 2 aromatic rings. The highest BCUT2D eigenvalue weighted by Crippen LogP contribution is 2.34. The first kappa shape index (κ1) is 24.2. The molecule has 2 aliphatic heterocycles. The molecule has 1 N–H and O–H groups in total. The third-order valence-electron chi connectivity index (χ3n) is 7.83. The summed E-state index contributed by atoms with van der Waals surface area (Å²) in [6.45, 7) is 5.72. The van der Waals surface area contributed by atoms with E-state index in [1.165, 1.54) is 24.8 Å². The van der Waals surface area contributed by atoms with Crippen molar-refractivity contribution in [2.45, 2.75) is 51.0 Å². The molecule has 1 saturated heterocycles. The van der Waals surface area contributed by atoms with Gasteiger partial charge >= 0.3 is 0 Å². The van der Waals surface area contributed by atoms with E-state index < -0.39 is 0 Å². The smallest absolute Gasteiger partial charge is 0.250 e. The molecule has 186 valence electrons. The van der Waals surface area contributed by atoms with Crippen LogP contribution in [-0.4, -0.2) is 50.2 Å². The fourth-order valence-electron chi connectivity index (χ4n) is 5.91. The molecule has 2 unspecified atom stereocenters. The fourth-order valence-corrected chi connectivity index (χ4v) is 6.19. The summed E-state index contributed by atoms with van der Waals surface area (Å²) in [5.41, 5.74) is 3.97. The van der Waals surface area contributed by atoms with E-state index in [-0.39, 0.29) is 11.9 Å². The van der Waals surface area contributed by atoms with Crippen molar-refractivity contribution in [2.24, 2.45) is 5.92 Å². The average Bonchev–Trinajstić information content (AvgIpc) is 3.30. The molecule has 35 heavy (non-hydrogen) atoms. The van der Waals surface area contributed by atoms with Crippen molar-refractivity contribution in [3.05, 3.63) is 63.7 Å². The summed E-state index contributed by atoms with van der Waals surface area (Å²) in [4.78, 5) is 15.6. The molecule has 0 bridgehead atoms. The molecule has 6 heteroatoms. The fraction of sp³-hybridized carbons (Fsp3) is 0.483. The minimum Gasteiger partial charge on any atom is -0.497 e. The number of carbonyl (C=O) groups is 1. The Morgan fingerprint density at radius 1 is 1.14 bits per heavy atom. The van der Waals surface area contributed by atoms with Crippen LogP contribution in [0.15, 0.2) is 42.0 Å². The van der Waals surface area contributed by atoms with Gasteiger partial charge in [-0.2, -0.15) is 0 Å². The SMILES string of the molecule is COc1ccc(C2CCN(CC3CCC(NC(=O)C4=Cc5cc(Cl)cc(C)c5OC4)C3)CC2)cc1. The Hall–Kier alpha value is -2.50. The maximum absolute atomic E-state index is 12.9. The molecule has 3 aliphatic rings. The van der Waals surface area contributed by atoms with Gasteiger partial charge in [0.2, 0.25) is 0 Å². The number of methoxy groups -OCH3 is 1. The number of hydrogen-bond acceptors (Lipinski definition) is 4. The lowest BCUT2D eigenvalue weighted by atomic mass is 9.89. The Bertz CT molecular complexity index is 1090. The third-order valence-corrected chi connectivity index (χ3v) is 8.05. The second-order valence-corrected chi connectivity index (χ2v) is 10.7. The van der Waals surface area contributed by atoms with Crippen LogP contribution in [0.2, 0.25) is 5.02 Å². The Balaban J connectivity index is 1.09. The summed E-state index contributed by atoms with van der Waals surface area (Å²) in [7, 11) is 1.71. The summed E-state index contributed by atoms with van der Waals surface area (Å²) in [5, 5.41) is 3.93. The minimum absolute atomic E-state index is 0.0146. The highest BCUT2D eigenvalue weighted by atomic mass is 35.5. The van der Waals surface area contributed by atoms with Crippen LogP contribution in [0.4, 0.5) is 0 Å². The van der Waals surface area contributed by atoms with E-state index in [1.807, 2.05) is 25.1 Å². The predicted molar refractivity (Wildman–Crippen MR) is 140 cm³/mol. The number of fused-ring (bicyclic) bond motifs is 1. The van der Waals surface area contributed by atoms with Gasteiger partial charge in [0.05, 0.1) is 12.7 Å². The van der Waals surface area contributed by atoms with Gasteiger partial charge in [0.1, 0.15) is 18.1 Å². The van der Waals surface area contributed by atoms with Gasteiger partial charge in [-0.1, -0.05) is 23.7 Å². The predicted octanol–water partition coefficient (Wildman–Crippen LogP) is 5.60. The van der Waals surface area contributed by atoms with E-state index in [0.717, 1.165) is 55.1 Å². The van der Waals surface area contributed by atoms with Gasteiger partial charge in [0, 0.05) is 23.2 Å². The molecule has 0 spiro atoms. The van der Waals surface area contributed by atoms with Crippen molar-refractivity contribution in [2.75, 3.05) is 33.4 Å². The van der Waals surface area contributed by atoms with Crippen molar-refractivity contribution in [1.82, 2.24) is 10.2 Å². The first-order valence-electron chi connectivity index (χ1n) is 12.8. The lowest BCUT2D eigenvalue weighted by molar-refractivity contribution is -0.118. The number of rotatable bonds is 6. The Labute approximate surface area is 213 Å². The molecular formula is C29H35ClN2O3. The summed E-state index contributed by atoms with van der Waals surface area (Å²) < 4.78 is 11.2. The maximum Gasteiger partial charge on any atom is 0.250 e. The highest BCUT2D eigenvalue weighted by molar-refractivity contribution is 6.30. The summed E-state index contributed by atoms with van der Waals surface area (Å²) >= 11 is 6.20. The third kappa shape index (κ3) is 5.68. The molecule has 2 fully saturated rings. The molecule has 5 nitrogen and oxygen atoms in total. The number of amides is 1. The van der Waals surface area contributed by atoms with Crippen LogP contribution in [0.1, 0.15) is 54.7 Å². The zero-order chi connectivity index (χ0) is 24.4. The summed E-state index contributed by atoms with van der Waals surface area (Å²) in [5.74, 6) is 3.02. The number of hydrogen-bond donors (Lipinski definition) is 1. The molecule has 2 heterocycles. The average molecular weight is 495 g/mol. The maximum atomic E-state index is 12.9. The normalized spacial score (nSPS) is 22.8. The van der Waals surface area contributed by atoms with Gasteiger partial charge < -0.3 is 19.7 Å². The molecule has 5 rings (SSSR count). The zero-order valence-electron chi connectivity index (χ0n) is 20.7. The lowest BCUT2D eigenvalue weighted by Gasteiger charge is -2.33. The van der Waals surface area contributed by atoms with Gasteiger partial charge in [-0.3, -0.25) is 4.79 Å². The number of carbonyl (C=O) groups excluding carboxylic acids is 1. The Morgan fingerprint density at radius 3 is 2.66 bits per heavy atom. The molecule has 1 aliphatic carbocycles. The quantitative estimate of drug-likeness (QED) is 0.568. The largest absolute Gasteiger partial charge is 0.497 e. The number of nitrogens with one attached hydrogen (secondary N) is 1. The molecule has 0 radical (unpaired) electrons. The number of likely N-dealkylation sites (tertiary alicyclic amines) is 1. The number of halogens is 1. The van der Waals surface area contributed by atoms with Crippen molar-refractivity contribution >= 4 is 23.6 Å². The van der Waals surface area contributed by atoms with Crippen molar-refractivity contribution in [3.8, 4) is 11.5 Å². The highest BCUT2D eigenvalue weighted by Gasteiger charge is 2.30. The van der Waals surface area contributed by atoms with Crippen molar-refractivity contribution < 1.29 is 14.3 Å². The lowest BCUT2D eigenvalue weighted by Crippen LogP contribution is -2.38. The monoisotopic (exact) mass is 494 g/mol. The van der Waals surface area contributed by atoms with Crippen LogP contribution in [0, 0.1) is 12.8 Å². The van der Waals surface area contributed by atoms with Crippen LogP contribution in [0.5, 0.6) is 11.5 Å². The zero-order valence-corrected chi connectivity index (χ0v) is 21.4. The topological polar surface area (TPSA) is 50.8 Å². The number of benzene rings is 2. The first-order chi connectivity index (χ1) is 17.0. The van der Waals surface area contributed by atoms with Crippen LogP contribution in [-0.2, 0) is 4.79 Å². The molecular weight excluding hydrogens is 460 g/mol. The van der Waals surface area contributed by atoms with Gasteiger partial charge in [-0.15, -0.1) is 0 Å². The molecule has 0 aromatic heterocycles. The van der Waals surface area contributed by atoms with Gasteiger partial charge in [0.25, 0.3) is 5.91 Å². The second-order valence-electron chi connectivity index (χ2n) is 10.3. The van der Waals surface area contributed by atoms with E-state index >= 15 is 0 Å². The van der Waals surface area contributed by atoms with Gasteiger partial charge in [-0.05, 0) is 105 Å². The van der Waals surface area contributed by atoms with Gasteiger partial charge in [0.15, 0.2) is 0 Å². The molecule has 2 atom stereocenters. The van der Waals surface area contributed by atoms with E-state index in [2.05, 4.69) is 34.5 Å². The Morgan fingerprint density at radius 2 is 1.91 bits per heavy atom.